The SMILES string of the molecule is CCOc1ccc(N2C(=O)c3ccccc3C[C@@]2(C)C(=O)NCc2ccccc2C)cc1. The molecule has 0 unspecified atom stereocenters. The molecule has 164 valence electrons. The first-order valence-corrected chi connectivity index (χ1v) is 10.9. The third kappa shape index (κ3) is 3.98. The van der Waals surface area contributed by atoms with E-state index in [4.69, 9.17) is 4.74 Å². The molecule has 0 saturated heterocycles. The lowest BCUT2D eigenvalue weighted by Crippen LogP contribution is -2.63. The molecule has 32 heavy (non-hydrogen) atoms. The lowest BCUT2D eigenvalue weighted by atomic mass is 9.82. The second kappa shape index (κ2) is 8.87. The van der Waals surface area contributed by atoms with Gasteiger partial charge in [0.15, 0.2) is 0 Å². The summed E-state index contributed by atoms with van der Waals surface area (Å²) in [6.45, 7) is 6.76. The van der Waals surface area contributed by atoms with Gasteiger partial charge in [-0.3, -0.25) is 14.5 Å². The summed E-state index contributed by atoms with van der Waals surface area (Å²) < 4.78 is 5.55. The molecule has 4 rings (SSSR count). The van der Waals surface area contributed by atoms with Gasteiger partial charge in [0, 0.05) is 24.2 Å². The first kappa shape index (κ1) is 21.6. The van der Waals surface area contributed by atoms with Gasteiger partial charge in [0.2, 0.25) is 5.91 Å². The molecule has 1 aliphatic heterocycles. The first-order valence-electron chi connectivity index (χ1n) is 10.9. The summed E-state index contributed by atoms with van der Waals surface area (Å²) in [5.74, 6) is 0.369. The highest BCUT2D eigenvalue weighted by atomic mass is 16.5. The summed E-state index contributed by atoms with van der Waals surface area (Å²) in [5.41, 5.74) is 3.28. The largest absolute Gasteiger partial charge is 0.494 e. The van der Waals surface area contributed by atoms with Gasteiger partial charge in [-0.25, -0.2) is 0 Å². The van der Waals surface area contributed by atoms with Crippen LogP contribution in [0.5, 0.6) is 5.75 Å². The average Bonchev–Trinajstić information content (AvgIpc) is 2.79. The van der Waals surface area contributed by atoms with E-state index in [1.165, 1.54) is 0 Å². The summed E-state index contributed by atoms with van der Waals surface area (Å²) in [6.07, 6.45) is 0.432. The molecule has 1 N–H and O–H groups in total. The van der Waals surface area contributed by atoms with E-state index in [0.717, 1.165) is 22.4 Å². The fraction of sp³-hybridized carbons (Fsp3) is 0.259. The van der Waals surface area contributed by atoms with E-state index < -0.39 is 5.54 Å². The Balaban J connectivity index is 1.69. The van der Waals surface area contributed by atoms with Gasteiger partial charge in [-0.15, -0.1) is 0 Å². The van der Waals surface area contributed by atoms with Crippen molar-refractivity contribution in [3.05, 3.63) is 95.1 Å². The molecule has 0 spiro atoms. The van der Waals surface area contributed by atoms with Gasteiger partial charge in [-0.1, -0.05) is 42.5 Å². The highest BCUT2D eigenvalue weighted by Gasteiger charge is 2.47. The number of carbonyl (C=O) groups is 2. The van der Waals surface area contributed by atoms with Crippen molar-refractivity contribution in [3.8, 4) is 5.75 Å². The van der Waals surface area contributed by atoms with Crippen LogP contribution in [0.15, 0.2) is 72.8 Å². The van der Waals surface area contributed by atoms with Crippen molar-refractivity contribution in [2.24, 2.45) is 0 Å². The van der Waals surface area contributed by atoms with Gasteiger partial charge in [-0.05, 0) is 67.8 Å². The minimum atomic E-state index is -1.07. The monoisotopic (exact) mass is 428 g/mol. The van der Waals surface area contributed by atoms with Gasteiger partial charge in [0.1, 0.15) is 11.3 Å². The fourth-order valence-corrected chi connectivity index (χ4v) is 4.29. The number of anilines is 1. The van der Waals surface area contributed by atoms with Crippen molar-refractivity contribution in [1.82, 2.24) is 5.32 Å². The van der Waals surface area contributed by atoms with Crippen LogP contribution in [0, 0.1) is 6.92 Å². The van der Waals surface area contributed by atoms with Gasteiger partial charge in [-0.2, -0.15) is 0 Å². The summed E-state index contributed by atoms with van der Waals surface area (Å²) in [4.78, 5) is 28.8. The van der Waals surface area contributed by atoms with Gasteiger partial charge >= 0.3 is 0 Å². The standard InChI is InChI=1S/C27H28N2O3/c1-4-32-23-15-13-22(14-16-23)29-25(30)24-12-8-7-10-20(24)17-27(29,3)26(31)28-18-21-11-6-5-9-19(21)2/h5-16H,4,17-18H2,1-3H3,(H,28,31)/t27-/m0/s1. The number of nitrogens with one attached hydrogen (secondary N) is 1. The molecule has 0 radical (unpaired) electrons. The highest BCUT2D eigenvalue weighted by molar-refractivity contribution is 6.14. The second-order valence-electron chi connectivity index (χ2n) is 8.28. The van der Waals surface area contributed by atoms with Crippen LogP contribution in [0.4, 0.5) is 5.69 Å². The Morgan fingerprint density at radius 1 is 1.03 bits per heavy atom. The van der Waals surface area contributed by atoms with E-state index in [1.807, 2.05) is 93.6 Å². The third-order valence-electron chi connectivity index (χ3n) is 6.07. The Bertz CT molecular complexity index is 1140. The van der Waals surface area contributed by atoms with E-state index in [1.54, 1.807) is 4.90 Å². The van der Waals surface area contributed by atoms with Gasteiger partial charge in [0.05, 0.1) is 6.61 Å². The number of fused-ring (bicyclic) bond motifs is 1. The molecule has 5 nitrogen and oxygen atoms in total. The van der Waals surface area contributed by atoms with Crippen molar-refractivity contribution in [3.63, 3.8) is 0 Å². The average molecular weight is 429 g/mol. The van der Waals surface area contributed by atoms with E-state index in [9.17, 15) is 9.59 Å². The Morgan fingerprint density at radius 3 is 2.44 bits per heavy atom. The summed E-state index contributed by atoms with van der Waals surface area (Å²) in [7, 11) is 0. The summed E-state index contributed by atoms with van der Waals surface area (Å²) >= 11 is 0. The number of ether oxygens (including phenoxy) is 1. The number of amides is 2. The van der Waals surface area contributed by atoms with Crippen molar-refractivity contribution >= 4 is 17.5 Å². The topological polar surface area (TPSA) is 58.6 Å². The molecule has 0 aromatic heterocycles. The van der Waals surface area contributed by atoms with Crippen LogP contribution < -0.4 is 15.0 Å². The number of benzene rings is 3. The molecule has 3 aromatic carbocycles. The van der Waals surface area contributed by atoms with Crippen LogP contribution >= 0.6 is 0 Å². The number of nitrogens with zero attached hydrogens (tertiary/aromatic N) is 1. The van der Waals surface area contributed by atoms with E-state index in [-0.39, 0.29) is 11.8 Å². The Morgan fingerprint density at radius 2 is 1.72 bits per heavy atom. The molecular formula is C27H28N2O3. The lowest BCUT2D eigenvalue weighted by molar-refractivity contribution is -0.126. The zero-order chi connectivity index (χ0) is 22.7. The molecule has 1 aliphatic rings. The Kier molecular flexibility index (Phi) is 5.99. The van der Waals surface area contributed by atoms with Crippen LogP contribution in [-0.2, 0) is 17.8 Å². The predicted molar refractivity (Wildman–Crippen MR) is 126 cm³/mol. The van der Waals surface area contributed by atoms with Crippen LogP contribution in [0.2, 0.25) is 0 Å². The first-order chi connectivity index (χ1) is 15.4. The molecule has 0 aliphatic carbocycles. The summed E-state index contributed by atoms with van der Waals surface area (Å²) in [6, 6.07) is 22.8. The van der Waals surface area contributed by atoms with Crippen LogP contribution in [0.1, 0.15) is 40.9 Å². The maximum atomic E-state index is 13.6. The van der Waals surface area contributed by atoms with Crippen molar-refractivity contribution < 1.29 is 14.3 Å². The molecular weight excluding hydrogens is 400 g/mol. The van der Waals surface area contributed by atoms with Gasteiger partial charge < -0.3 is 10.1 Å². The minimum absolute atomic E-state index is 0.176. The fourth-order valence-electron chi connectivity index (χ4n) is 4.29. The normalized spacial score (nSPS) is 17.6. The molecule has 1 heterocycles. The Hall–Kier alpha value is -3.60. The van der Waals surface area contributed by atoms with Gasteiger partial charge in [0.25, 0.3) is 5.91 Å². The maximum absolute atomic E-state index is 13.6. The van der Waals surface area contributed by atoms with E-state index in [2.05, 4.69) is 5.32 Å². The van der Waals surface area contributed by atoms with Crippen LogP contribution in [-0.4, -0.2) is 24.0 Å². The zero-order valence-electron chi connectivity index (χ0n) is 18.7. The number of hydrogen-bond donors (Lipinski definition) is 1. The van der Waals surface area contributed by atoms with E-state index >= 15 is 0 Å². The minimum Gasteiger partial charge on any atom is -0.494 e. The molecule has 0 bridgehead atoms. The molecule has 5 heteroatoms. The third-order valence-corrected chi connectivity index (χ3v) is 6.07. The quantitative estimate of drug-likeness (QED) is 0.621. The van der Waals surface area contributed by atoms with E-state index in [0.29, 0.717) is 30.8 Å². The zero-order valence-corrected chi connectivity index (χ0v) is 18.7. The maximum Gasteiger partial charge on any atom is 0.259 e. The number of rotatable bonds is 6. The molecule has 3 aromatic rings. The Labute approximate surface area is 189 Å². The highest BCUT2D eigenvalue weighted by Crippen LogP contribution is 2.36. The molecule has 0 fully saturated rings. The number of carbonyl (C=O) groups excluding carboxylic acids is 2. The lowest BCUT2D eigenvalue weighted by Gasteiger charge is -2.44. The molecule has 2 amide bonds. The number of aryl methyl sites for hydroxylation is 1. The van der Waals surface area contributed by atoms with Crippen molar-refractivity contribution in [2.75, 3.05) is 11.5 Å². The molecule has 1 atom stereocenters. The molecule has 0 saturated carbocycles. The summed E-state index contributed by atoms with van der Waals surface area (Å²) in [5, 5.41) is 3.08. The number of hydrogen-bond acceptors (Lipinski definition) is 3. The predicted octanol–water partition coefficient (Wildman–Crippen LogP) is 4.67. The second-order valence-corrected chi connectivity index (χ2v) is 8.28. The van der Waals surface area contributed by atoms with Crippen molar-refractivity contribution in [2.45, 2.75) is 39.3 Å². The van der Waals surface area contributed by atoms with Crippen molar-refractivity contribution in [1.29, 1.82) is 0 Å². The smallest absolute Gasteiger partial charge is 0.259 e. The van der Waals surface area contributed by atoms with Crippen LogP contribution in [0.3, 0.4) is 0 Å². The van der Waals surface area contributed by atoms with Crippen LogP contribution in [0.25, 0.3) is 0 Å².